The number of Topliss-reactive ketones (excluding diaryl/α,β-unsaturated/α-hetero) is 1. The number of benzene rings is 1. The molecule has 0 N–H and O–H groups in total. The second-order valence-corrected chi connectivity index (χ2v) is 18.0. The number of amides is 1. The summed E-state index contributed by atoms with van der Waals surface area (Å²) >= 11 is 0. The first-order valence-electron chi connectivity index (χ1n) is 13.8. The number of carbonyl (C=O) groups is 2. The van der Waals surface area contributed by atoms with E-state index in [-0.39, 0.29) is 24.2 Å². The molecule has 212 valence electrons. The molecule has 3 heterocycles. The Morgan fingerprint density at radius 1 is 1.23 bits per heavy atom. The molecule has 0 spiro atoms. The Hall–Kier alpha value is -3.18. The number of carbonyl (C=O) groups excluding carboxylic acids is 2. The lowest BCUT2D eigenvalue weighted by molar-refractivity contribution is 0.0204. The predicted molar refractivity (Wildman–Crippen MR) is 157 cm³/mol. The van der Waals surface area contributed by atoms with E-state index in [0.717, 1.165) is 24.4 Å². The zero-order valence-electron chi connectivity index (χ0n) is 24.4. The Kier molecular flexibility index (Phi) is 9.04. The van der Waals surface area contributed by atoms with Crippen molar-refractivity contribution in [1.82, 2.24) is 19.4 Å². The van der Waals surface area contributed by atoms with Crippen LogP contribution in [-0.2, 0) is 16.2 Å². The van der Waals surface area contributed by atoms with Crippen LogP contribution in [0.3, 0.4) is 0 Å². The van der Waals surface area contributed by atoms with Crippen molar-refractivity contribution >= 4 is 27.8 Å². The molecule has 1 fully saturated rings. The van der Waals surface area contributed by atoms with Crippen molar-refractivity contribution < 1.29 is 23.5 Å². The van der Waals surface area contributed by atoms with Gasteiger partial charge in [-0.1, -0.05) is 37.8 Å². The molecule has 9 nitrogen and oxygen atoms in total. The Bertz CT molecular complexity index is 1340. The maximum absolute atomic E-state index is 13.0. The van der Waals surface area contributed by atoms with Crippen LogP contribution in [0.1, 0.15) is 55.8 Å². The number of likely N-dealkylation sites (tertiary alicyclic amines) is 1. The summed E-state index contributed by atoms with van der Waals surface area (Å²) in [5, 5.41) is 0. The third kappa shape index (κ3) is 7.51. The van der Waals surface area contributed by atoms with Gasteiger partial charge in [-0.3, -0.25) is 9.69 Å². The molecule has 2 aromatic heterocycles. The van der Waals surface area contributed by atoms with Gasteiger partial charge in [-0.05, 0) is 52.0 Å². The number of rotatable bonds is 10. The lowest BCUT2D eigenvalue weighted by Gasteiger charge is -2.28. The van der Waals surface area contributed by atoms with E-state index in [1.54, 1.807) is 29.3 Å². The fraction of sp³-hybridized carbons (Fsp3) is 0.517. The first kappa shape index (κ1) is 29.8. The SMILES string of the molecule is [B]CC(=O)c1cccc(-c2cnc(-c3cn(COCC[Si](C)(C)C)c([C@@H]4CCCN4C(=O)OC(C)(C)C)n3)o2)c1. The zero-order valence-corrected chi connectivity index (χ0v) is 25.4. The van der Waals surface area contributed by atoms with Crippen LogP contribution in [0, 0.1) is 0 Å². The van der Waals surface area contributed by atoms with Crippen molar-refractivity contribution in [3.63, 3.8) is 0 Å². The van der Waals surface area contributed by atoms with Gasteiger partial charge >= 0.3 is 6.09 Å². The van der Waals surface area contributed by atoms with Gasteiger partial charge in [0.25, 0.3) is 0 Å². The monoisotopic (exact) mass is 562 g/mol. The van der Waals surface area contributed by atoms with E-state index in [4.69, 9.17) is 26.7 Å². The maximum Gasteiger partial charge on any atom is 0.410 e. The van der Waals surface area contributed by atoms with E-state index < -0.39 is 13.7 Å². The third-order valence-corrected chi connectivity index (χ3v) is 8.30. The van der Waals surface area contributed by atoms with Gasteiger partial charge in [0, 0.05) is 38.5 Å². The molecule has 4 rings (SSSR count). The molecular weight excluding hydrogens is 523 g/mol. The lowest BCUT2D eigenvalue weighted by atomic mass is 9.95. The lowest BCUT2D eigenvalue weighted by Crippen LogP contribution is -2.37. The molecule has 1 aliphatic heterocycles. The van der Waals surface area contributed by atoms with Crippen LogP contribution in [-0.4, -0.2) is 66.0 Å². The Morgan fingerprint density at radius 3 is 2.70 bits per heavy atom. The van der Waals surface area contributed by atoms with Crippen molar-refractivity contribution in [2.24, 2.45) is 0 Å². The average molecular weight is 563 g/mol. The van der Waals surface area contributed by atoms with Crippen LogP contribution in [0.25, 0.3) is 22.9 Å². The van der Waals surface area contributed by atoms with E-state index in [1.807, 2.05) is 37.6 Å². The Labute approximate surface area is 238 Å². The van der Waals surface area contributed by atoms with E-state index in [1.165, 1.54) is 0 Å². The summed E-state index contributed by atoms with van der Waals surface area (Å²) in [5.41, 5.74) is 1.19. The number of ether oxygens (including phenoxy) is 2. The summed E-state index contributed by atoms with van der Waals surface area (Å²) in [6.45, 7) is 14.1. The normalized spacial score (nSPS) is 15.9. The fourth-order valence-electron chi connectivity index (χ4n) is 4.51. The van der Waals surface area contributed by atoms with Crippen molar-refractivity contribution in [2.45, 2.75) is 84.0 Å². The minimum absolute atomic E-state index is 0.0627. The van der Waals surface area contributed by atoms with Crippen LogP contribution in [0.15, 0.2) is 41.1 Å². The number of hydrogen-bond acceptors (Lipinski definition) is 7. The topological polar surface area (TPSA) is 99.7 Å². The van der Waals surface area contributed by atoms with E-state index in [2.05, 4.69) is 24.6 Å². The molecule has 2 radical (unpaired) electrons. The largest absolute Gasteiger partial charge is 0.444 e. The molecule has 1 amide bonds. The number of aromatic nitrogens is 3. The first-order chi connectivity index (χ1) is 18.8. The molecule has 40 heavy (non-hydrogen) atoms. The summed E-state index contributed by atoms with van der Waals surface area (Å²) in [4.78, 5) is 36.2. The highest BCUT2D eigenvalue weighted by Gasteiger charge is 2.36. The van der Waals surface area contributed by atoms with Crippen LogP contribution in [0.5, 0.6) is 0 Å². The standard InChI is InChI=1S/C29H39BN4O5Si/c1-29(2,3)39-28(36)34-12-8-11-23(34)26-32-22(18-33(26)19-37-13-14-40(4,5)6)27-31-17-25(38-27)21-10-7-9-20(15-21)24(35)16-30/h7,9-10,15,17-18,23H,8,11-14,16,19H2,1-6H3/t23-/m0/s1. The smallest absolute Gasteiger partial charge is 0.410 e. The van der Waals surface area contributed by atoms with Gasteiger partial charge in [-0.2, -0.15) is 0 Å². The quantitative estimate of drug-likeness (QED) is 0.161. The van der Waals surface area contributed by atoms with Gasteiger partial charge in [0.15, 0.2) is 11.5 Å². The van der Waals surface area contributed by atoms with E-state index in [9.17, 15) is 9.59 Å². The zero-order chi connectivity index (χ0) is 29.1. The van der Waals surface area contributed by atoms with Gasteiger partial charge in [0.1, 0.15) is 23.9 Å². The molecule has 3 aromatic rings. The van der Waals surface area contributed by atoms with E-state index >= 15 is 0 Å². The minimum Gasteiger partial charge on any atom is -0.444 e. The molecule has 0 bridgehead atoms. The van der Waals surface area contributed by atoms with Crippen molar-refractivity contribution in [2.75, 3.05) is 13.2 Å². The highest BCUT2D eigenvalue weighted by molar-refractivity contribution is 6.76. The van der Waals surface area contributed by atoms with Crippen LogP contribution >= 0.6 is 0 Å². The second-order valence-electron chi connectivity index (χ2n) is 12.4. The molecule has 1 aliphatic rings. The fourth-order valence-corrected chi connectivity index (χ4v) is 5.26. The van der Waals surface area contributed by atoms with Gasteiger partial charge in [-0.25, -0.2) is 14.8 Å². The molecule has 11 heteroatoms. The highest BCUT2D eigenvalue weighted by Crippen LogP contribution is 2.35. The second kappa shape index (κ2) is 12.1. The maximum atomic E-state index is 13.0. The van der Waals surface area contributed by atoms with Crippen molar-refractivity contribution in [1.29, 1.82) is 0 Å². The third-order valence-electron chi connectivity index (χ3n) is 6.59. The molecule has 1 saturated heterocycles. The molecular formula is C29H39BN4O5Si. The van der Waals surface area contributed by atoms with Gasteiger partial charge < -0.3 is 18.5 Å². The Morgan fingerprint density at radius 2 is 2.00 bits per heavy atom. The molecule has 0 unspecified atom stereocenters. The van der Waals surface area contributed by atoms with Crippen LogP contribution < -0.4 is 0 Å². The van der Waals surface area contributed by atoms with Crippen LogP contribution in [0.4, 0.5) is 4.79 Å². The van der Waals surface area contributed by atoms with Crippen LogP contribution in [0.2, 0.25) is 32.0 Å². The van der Waals surface area contributed by atoms with Gasteiger partial charge in [0.05, 0.1) is 20.1 Å². The summed E-state index contributed by atoms with van der Waals surface area (Å²) in [7, 11) is 4.28. The number of hydrogen-bond donors (Lipinski definition) is 0. The number of nitrogens with zero attached hydrogens (tertiary/aromatic N) is 4. The summed E-state index contributed by atoms with van der Waals surface area (Å²) in [6.07, 6.45) is 4.68. The average Bonchev–Trinajstić information content (AvgIpc) is 3.64. The minimum atomic E-state index is -1.25. The first-order valence-corrected chi connectivity index (χ1v) is 17.5. The highest BCUT2D eigenvalue weighted by atomic mass is 28.3. The molecule has 0 aliphatic carbocycles. The molecule has 1 atom stereocenters. The number of ketones is 1. The number of oxazole rings is 1. The molecule has 1 aromatic carbocycles. The number of imidazole rings is 1. The summed E-state index contributed by atoms with van der Waals surface area (Å²) in [6, 6.07) is 7.91. The summed E-state index contributed by atoms with van der Waals surface area (Å²) < 4.78 is 19.8. The van der Waals surface area contributed by atoms with E-state index in [0.29, 0.717) is 48.6 Å². The van der Waals surface area contributed by atoms with Crippen molar-refractivity contribution in [3.8, 4) is 22.9 Å². The van der Waals surface area contributed by atoms with Gasteiger partial charge in [-0.15, -0.1) is 0 Å². The summed E-state index contributed by atoms with van der Waals surface area (Å²) in [5.74, 6) is 1.42. The Balaban J connectivity index is 1.63. The van der Waals surface area contributed by atoms with Crippen molar-refractivity contribution in [3.05, 3.63) is 48.0 Å². The van der Waals surface area contributed by atoms with Gasteiger partial charge in [0.2, 0.25) is 5.89 Å². The predicted octanol–water partition coefficient (Wildman–Crippen LogP) is 6.36. The molecule has 0 saturated carbocycles.